The number of carbonyl (C=O) groups is 1. The maximum atomic E-state index is 12.2. The van der Waals surface area contributed by atoms with Gasteiger partial charge in [-0.25, -0.2) is 0 Å². The lowest BCUT2D eigenvalue weighted by Crippen LogP contribution is -2.28. The van der Waals surface area contributed by atoms with Crippen LogP contribution in [0.4, 0.5) is 0 Å². The molecule has 0 fully saturated rings. The normalized spacial score (nSPS) is 11.8. The average molecular weight is 343 g/mol. The van der Waals surface area contributed by atoms with Crippen LogP contribution in [0.25, 0.3) is 0 Å². The fourth-order valence-corrected chi connectivity index (χ4v) is 3.44. The molecule has 2 aromatic rings. The molecule has 0 aliphatic heterocycles. The second-order valence-electron chi connectivity index (χ2n) is 5.68. The number of hydrogen-bond acceptors (Lipinski definition) is 3. The lowest BCUT2D eigenvalue weighted by Gasteiger charge is -2.16. The number of para-hydroxylation sites is 1. The number of aryl methyl sites for hydroxylation is 1. The van der Waals surface area contributed by atoms with E-state index in [1.54, 1.807) is 11.8 Å². The highest BCUT2D eigenvalue weighted by molar-refractivity contribution is 7.99. The Kier molecular flexibility index (Phi) is 7.19. The molecule has 3 nitrogen and oxygen atoms in total. The molecule has 0 heterocycles. The molecule has 1 N–H and O–H groups in total. The number of carbonyl (C=O) groups excluding carboxylic acids is 1. The summed E-state index contributed by atoms with van der Waals surface area (Å²) in [6.45, 7) is 6.72. The van der Waals surface area contributed by atoms with Gasteiger partial charge in [0.15, 0.2) is 0 Å². The molecular formula is C20H25NO2S. The standard InChI is InChI=1S/C20H25NO2S/c1-4-23-19-12-8-6-10-17(19)13-24-14-20(22)21-16(3)18-11-7-5-9-15(18)2/h5-12,16H,4,13-14H2,1-3H3,(H,21,22). The van der Waals surface area contributed by atoms with Gasteiger partial charge in [0.25, 0.3) is 0 Å². The van der Waals surface area contributed by atoms with Crippen LogP contribution in [-0.4, -0.2) is 18.3 Å². The molecule has 1 atom stereocenters. The summed E-state index contributed by atoms with van der Waals surface area (Å²) < 4.78 is 5.62. The van der Waals surface area contributed by atoms with Crippen LogP contribution in [0.2, 0.25) is 0 Å². The van der Waals surface area contributed by atoms with Gasteiger partial charge in [-0.05, 0) is 38.0 Å². The van der Waals surface area contributed by atoms with E-state index in [-0.39, 0.29) is 11.9 Å². The van der Waals surface area contributed by atoms with Crippen molar-refractivity contribution in [1.29, 1.82) is 0 Å². The van der Waals surface area contributed by atoms with Gasteiger partial charge in [-0.15, -0.1) is 11.8 Å². The Balaban J connectivity index is 1.83. The predicted octanol–water partition coefficient (Wildman–Crippen LogP) is 4.50. The van der Waals surface area contributed by atoms with Crippen molar-refractivity contribution in [3.05, 3.63) is 65.2 Å². The van der Waals surface area contributed by atoms with Gasteiger partial charge in [-0.3, -0.25) is 4.79 Å². The number of hydrogen-bond donors (Lipinski definition) is 1. The first-order chi connectivity index (χ1) is 11.6. The molecule has 0 aliphatic carbocycles. The van der Waals surface area contributed by atoms with Gasteiger partial charge in [0, 0.05) is 11.3 Å². The molecule has 0 saturated carbocycles. The molecule has 0 saturated heterocycles. The van der Waals surface area contributed by atoms with E-state index < -0.39 is 0 Å². The summed E-state index contributed by atoms with van der Waals surface area (Å²) in [5.74, 6) is 2.17. The van der Waals surface area contributed by atoms with Crippen molar-refractivity contribution in [2.75, 3.05) is 12.4 Å². The van der Waals surface area contributed by atoms with Crippen molar-refractivity contribution in [3.63, 3.8) is 0 Å². The Morgan fingerprint density at radius 3 is 2.62 bits per heavy atom. The van der Waals surface area contributed by atoms with E-state index in [0.29, 0.717) is 12.4 Å². The van der Waals surface area contributed by atoms with E-state index >= 15 is 0 Å². The molecule has 4 heteroatoms. The topological polar surface area (TPSA) is 38.3 Å². The smallest absolute Gasteiger partial charge is 0.230 e. The van der Waals surface area contributed by atoms with Crippen molar-refractivity contribution in [2.45, 2.75) is 32.6 Å². The van der Waals surface area contributed by atoms with Gasteiger partial charge in [0.1, 0.15) is 5.75 Å². The maximum absolute atomic E-state index is 12.2. The first kappa shape index (κ1) is 18.4. The number of ether oxygens (including phenoxy) is 1. The Morgan fingerprint density at radius 2 is 1.88 bits per heavy atom. The van der Waals surface area contributed by atoms with Gasteiger partial charge in [-0.2, -0.15) is 0 Å². The summed E-state index contributed by atoms with van der Waals surface area (Å²) in [7, 11) is 0. The monoisotopic (exact) mass is 343 g/mol. The Morgan fingerprint density at radius 1 is 1.17 bits per heavy atom. The second kappa shape index (κ2) is 9.38. The molecule has 0 aromatic heterocycles. The van der Waals surface area contributed by atoms with Crippen molar-refractivity contribution >= 4 is 17.7 Å². The van der Waals surface area contributed by atoms with E-state index in [4.69, 9.17) is 4.74 Å². The Bertz CT molecular complexity index is 672. The lowest BCUT2D eigenvalue weighted by molar-refractivity contribution is -0.119. The minimum atomic E-state index is 0.0232. The van der Waals surface area contributed by atoms with Crippen LogP contribution >= 0.6 is 11.8 Å². The highest BCUT2D eigenvalue weighted by Crippen LogP contribution is 2.23. The molecule has 0 spiro atoms. The summed E-state index contributed by atoms with van der Waals surface area (Å²) in [6, 6.07) is 16.2. The highest BCUT2D eigenvalue weighted by Gasteiger charge is 2.11. The number of thioether (sulfide) groups is 1. The number of rotatable bonds is 8. The summed E-state index contributed by atoms with van der Waals surface area (Å²) in [5, 5.41) is 3.07. The summed E-state index contributed by atoms with van der Waals surface area (Å²) in [4.78, 5) is 12.2. The minimum Gasteiger partial charge on any atom is -0.494 e. The number of nitrogens with one attached hydrogen (secondary N) is 1. The van der Waals surface area contributed by atoms with E-state index in [1.807, 2.05) is 50.2 Å². The molecule has 24 heavy (non-hydrogen) atoms. The molecule has 0 radical (unpaired) electrons. The summed E-state index contributed by atoms with van der Waals surface area (Å²) >= 11 is 1.60. The molecular weight excluding hydrogens is 318 g/mol. The van der Waals surface area contributed by atoms with E-state index in [1.165, 1.54) is 5.56 Å². The first-order valence-corrected chi connectivity index (χ1v) is 9.40. The summed E-state index contributed by atoms with van der Waals surface area (Å²) in [5.41, 5.74) is 3.49. The predicted molar refractivity (Wildman–Crippen MR) is 102 cm³/mol. The van der Waals surface area contributed by atoms with Gasteiger partial charge in [0.05, 0.1) is 18.4 Å². The molecule has 0 aliphatic rings. The Hall–Kier alpha value is -1.94. The molecule has 2 aromatic carbocycles. The van der Waals surface area contributed by atoms with Crippen LogP contribution in [-0.2, 0) is 10.5 Å². The maximum Gasteiger partial charge on any atom is 0.230 e. The second-order valence-corrected chi connectivity index (χ2v) is 6.66. The molecule has 1 unspecified atom stereocenters. The fourth-order valence-electron chi connectivity index (χ4n) is 2.61. The minimum absolute atomic E-state index is 0.0232. The molecule has 1 amide bonds. The first-order valence-electron chi connectivity index (χ1n) is 8.25. The Labute approximate surface area is 148 Å². The van der Waals surface area contributed by atoms with Crippen LogP contribution in [0.1, 0.15) is 36.6 Å². The highest BCUT2D eigenvalue weighted by atomic mass is 32.2. The third-order valence-corrected chi connectivity index (χ3v) is 4.78. The van der Waals surface area contributed by atoms with E-state index in [0.717, 1.165) is 22.6 Å². The van der Waals surface area contributed by atoms with Crippen molar-refractivity contribution < 1.29 is 9.53 Å². The van der Waals surface area contributed by atoms with Gasteiger partial charge < -0.3 is 10.1 Å². The van der Waals surface area contributed by atoms with Crippen molar-refractivity contribution in [2.24, 2.45) is 0 Å². The van der Waals surface area contributed by atoms with Crippen LogP contribution in [0.3, 0.4) is 0 Å². The lowest BCUT2D eigenvalue weighted by atomic mass is 10.0. The van der Waals surface area contributed by atoms with E-state index in [9.17, 15) is 4.79 Å². The van der Waals surface area contributed by atoms with Gasteiger partial charge in [-0.1, -0.05) is 42.5 Å². The third-order valence-electron chi connectivity index (χ3n) is 3.80. The zero-order chi connectivity index (χ0) is 17.4. The largest absolute Gasteiger partial charge is 0.494 e. The quantitative estimate of drug-likeness (QED) is 0.767. The van der Waals surface area contributed by atoms with Crippen molar-refractivity contribution in [3.8, 4) is 5.75 Å². The third kappa shape index (κ3) is 5.31. The van der Waals surface area contributed by atoms with E-state index in [2.05, 4.69) is 24.4 Å². The zero-order valence-corrected chi connectivity index (χ0v) is 15.4. The van der Waals surface area contributed by atoms with Crippen molar-refractivity contribution in [1.82, 2.24) is 5.32 Å². The number of benzene rings is 2. The van der Waals surface area contributed by atoms with Crippen LogP contribution < -0.4 is 10.1 Å². The zero-order valence-electron chi connectivity index (χ0n) is 14.5. The average Bonchev–Trinajstić information content (AvgIpc) is 2.57. The number of amides is 1. The van der Waals surface area contributed by atoms with Crippen LogP contribution in [0.15, 0.2) is 48.5 Å². The molecule has 0 bridgehead atoms. The summed E-state index contributed by atoms with van der Waals surface area (Å²) in [6.07, 6.45) is 0. The van der Waals surface area contributed by atoms with Gasteiger partial charge in [0.2, 0.25) is 5.91 Å². The van der Waals surface area contributed by atoms with Crippen LogP contribution in [0, 0.1) is 6.92 Å². The molecule has 2 rings (SSSR count). The fraction of sp³-hybridized carbons (Fsp3) is 0.350. The van der Waals surface area contributed by atoms with Gasteiger partial charge >= 0.3 is 0 Å². The molecule has 128 valence electrons. The SMILES string of the molecule is CCOc1ccccc1CSCC(=O)NC(C)c1ccccc1C. The van der Waals surface area contributed by atoms with Crippen LogP contribution in [0.5, 0.6) is 5.75 Å².